The fraction of sp³-hybridized carbons (Fsp3) is 0.750. The highest BCUT2D eigenvalue weighted by Crippen LogP contribution is 2.42. The average Bonchev–Trinajstić information content (AvgIpc) is 2.70. The Hall–Kier alpha value is -0.760. The molecular weight excluding hydrogens is 220 g/mol. The Labute approximate surface area is 112 Å². The molecule has 1 aromatic heterocycles. The third-order valence-electron chi connectivity index (χ3n) is 4.37. The van der Waals surface area contributed by atoms with Crippen molar-refractivity contribution < 1.29 is 0 Å². The molecule has 0 amide bonds. The zero-order valence-corrected chi connectivity index (χ0v) is 12.7. The Bertz CT molecular complexity index is 403. The maximum atomic E-state index is 3.73. The Morgan fingerprint density at radius 1 is 1.11 bits per heavy atom. The van der Waals surface area contributed by atoms with E-state index in [1.54, 1.807) is 5.56 Å². The van der Waals surface area contributed by atoms with Gasteiger partial charge >= 0.3 is 0 Å². The molecule has 1 heterocycles. The molecule has 1 aliphatic rings. The summed E-state index contributed by atoms with van der Waals surface area (Å²) in [6, 6.07) is 1.63. The zero-order chi connectivity index (χ0) is 13.4. The molecular formula is C16H28N2. The minimum absolute atomic E-state index is 0.534. The molecule has 0 spiro atoms. The Morgan fingerprint density at radius 3 is 2.28 bits per heavy atom. The second kappa shape index (κ2) is 5.08. The molecule has 0 aromatic carbocycles. The predicted molar refractivity (Wildman–Crippen MR) is 78.0 cm³/mol. The largest absolute Gasteiger partial charge is 0.351 e. The number of fused-ring (bicyclic) bond motifs is 1. The summed E-state index contributed by atoms with van der Waals surface area (Å²) >= 11 is 0. The molecule has 102 valence electrons. The monoisotopic (exact) mass is 248 g/mol. The first-order valence-corrected chi connectivity index (χ1v) is 7.37. The zero-order valence-electron chi connectivity index (χ0n) is 12.7. The van der Waals surface area contributed by atoms with Crippen LogP contribution in [-0.4, -0.2) is 10.6 Å². The molecule has 1 aliphatic carbocycles. The molecule has 0 saturated carbocycles. The normalized spacial score (nSPS) is 27.9. The maximum Gasteiger partial charge on any atom is 0.0343 e. The van der Waals surface area contributed by atoms with Crippen LogP contribution in [0.1, 0.15) is 77.1 Å². The lowest BCUT2D eigenvalue weighted by molar-refractivity contribution is 0.327. The summed E-state index contributed by atoms with van der Waals surface area (Å²) in [6.45, 7) is 13.7. The topological polar surface area (TPSA) is 17.0 Å². The first-order valence-electron chi connectivity index (χ1n) is 7.37. The molecule has 1 N–H and O–H groups in total. The Kier molecular flexibility index (Phi) is 3.86. The molecule has 3 atom stereocenters. The highest BCUT2D eigenvalue weighted by molar-refractivity contribution is 5.34. The van der Waals surface area contributed by atoms with E-state index < -0.39 is 0 Å². The van der Waals surface area contributed by atoms with Gasteiger partial charge in [0.25, 0.3) is 0 Å². The molecule has 2 nitrogen and oxygen atoms in total. The fourth-order valence-corrected chi connectivity index (χ4v) is 3.05. The number of rotatable bonds is 3. The Balaban J connectivity index is 2.36. The van der Waals surface area contributed by atoms with Crippen LogP contribution in [0, 0.1) is 5.92 Å². The van der Waals surface area contributed by atoms with Crippen LogP contribution in [-0.2, 0) is 0 Å². The third-order valence-corrected chi connectivity index (χ3v) is 4.37. The van der Waals surface area contributed by atoms with Gasteiger partial charge in [-0.05, 0) is 43.2 Å². The van der Waals surface area contributed by atoms with Gasteiger partial charge in [-0.25, -0.2) is 0 Å². The molecule has 0 fully saturated rings. The van der Waals surface area contributed by atoms with Crippen molar-refractivity contribution in [2.24, 2.45) is 5.92 Å². The molecule has 18 heavy (non-hydrogen) atoms. The summed E-state index contributed by atoms with van der Waals surface area (Å²) in [5.74, 6) is 1.45. The first-order chi connectivity index (χ1) is 8.40. The molecule has 2 heteroatoms. The molecule has 3 unspecified atom stereocenters. The van der Waals surface area contributed by atoms with Crippen LogP contribution in [0.4, 0.5) is 0 Å². The second-order valence-corrected chi connectivity index (χ2v) is 6.59. The van der Waals surface area contributed by atoms with Crippen LogP contribution >= 0.6 is 0 Å². The number of aromatic nitrogens is 1. The van der Waals surface area contributed by atoms with E-state index in [-0.39, 0.29) is 0 Å². The van der Waals surface area contributed by atoms with Gasteiger partial charge < -0.3 is 9.88 Å². The van der Waals surface area contributed by atoms with Crippen molar-refractivity contribution in [3.8, 4) is 0 Å². The van der Waals surface area contributed by atoms with Crippen molar-refractivity contribution >= 4 is 0 Å². The van der Waals surface area contributed by atoms with Crippen molar-refractivity contribution in [2.75, 3.05) is 0 Å². The summed E-state index contributed by atoms with van der Waals surface area (Å²) in [6.07, 6.45) is 5.99. The van der Waals surface area contributed by atoms with E-state index in [0.717, 1.165) is 5.92 Å². The second-order valence-electron chi connectivity index (χ2n) is 6.59. The smallest absolute Gasteiger partial charge is 0.0343 e. The van der Waals surface area contributed by atoms with Gasteiger partial charge in [0.05, 0.1) is 0 Å². The van der Waals surface area contributed by atoms with Crippen LogP contribution in [0.2, 0.25) is 0 Å². The molecule has 2 rings (SSSR count). The van der Waals surface area contributed by atoms with Crippen molar-refractivity contribution in [1.82, 2.24) is 9.88 Å². The van der Waals surface area contributed by atoms with Gasteiger partial charge in [0.15, 0.2) is 0 Å². The number of nitrogens with one attached hydrogen (secondary N) is 1. The summed E-state index contributed by atoms with van der Waals surface area (Å²) < 4.78 is 2.37. The van der Waals surface area contributed by atoms with E-state index in [1.165, 1.54) is 12.0 Å². The quantitative estimate of drug-likeness (QED) is 0.846. The van der Waals surface area contributed by atoms with Crippen molar-refractivity contribution in [1.29, 1.82) is 0 Å². The van der Waals surface area contributed by atoms with E-state index in [2.05, 4.69) is 63.8 Å². The first kappa shape index (κ1) is 13.7. The third kappa shape index (κ3) is 2.49. The van der Waals surface area contributed by atoms with E-state index in [4.69, 9.17) is 0 Å². The van der Waals surface area contributed by atoms with E-state index in [1.807, 2.05) is 0 Å². The minimum atomic E-state index is 0.534. The SMILES string of the molecule is CC(C)NC1CC(C)C(C)c2cn(C(C)C)cc21. The van der Waals surface area contributed by atoms with E-state index >= 15 is 0 Å². The standard InChI is InChI=1S/C16H28N2/c1-10(2)17-16-7-12(5)13(6)14-8-18(11(3)4)9-15(14)16/h8-13,16-17H,7H2,1-6H3. The fourth-order valence-electron chi connectivity index (χ4n) is 3.05. The lowest BCUT2D eigenvalue weighted by atomic mass is 9.76. The lowest BCUT2D eigenvalue weighted by Crippen LogP contribution is -2.33. The average molecular weight is 248 g/mol. The predicted octanol–water partition coefficient (Wildman–Crippen LogP) is 4.25. The summed E-state index contributed by atoms with van der Waals surface area (Å²) in [4.78, 5) is 0. The van der Waals surface area contributed by atoms with Crippen LogP contribution in [0.25, 0.3) is 0 Å². The maximum absolute atomic E-state index is 3.73. The van der Waals surface area contributed by atoms with E-state index in [9.17, 15) is 0 Å². The van der Waals surface area contributed by atoms with Crippen LogP contribution < -0.4 is 5.32 Å². The molecule has 0 aliphatic heterocycles. The van der Waals surface area contributed by atoms with Gasteiger partial charge in [0, 0.05) is 30.5 Å². The molecule has 1 aromatic rings. The summed E-state index contributed by atoms with van der Waals surface area (Å²) in [5, 5.41) is 3.73. The van der Waals surface area contributed by atoms with Gasteiger partial charge in [-0.15, -0.1) is 0 Å². The van der Waals surface area contributed by atoms with Gasteiger partial charge in [0.1, 0.15) is 0 Å². The highest BCUT2D eigenvalue weighted by Gasteiger charge is 2.31. The molecule has 0 radical (unpaired) electrons. The number of hydrogen-bond donors (Lipinski definition) is 1. The van der Waals surface area contributed by atoms with Crippen LogP contribution in [0.5, 0.6) is 0 Å². The van der Waals surface area contributed by atoms with Gasteiger partial charge in [-0.1, -0.05) is 27.7 Å². The summed E-state index contributed by atoms with van der Waals surface area (Å²) in [7, 11) is 0. The molecule has 0 bridgehead atoms. The van der Waals surface area contributed by atoms with Crippen molar-refractivity contribution in [2.45, 2.75) is 72.0 Å². The van der Waals surface area contributed by atoms with Crippen molar-refractivity contribution in [3.63, 3.8) is 0 Å². The van der Waals surface area contributed by atoms with E-state index in [0.29, 0.717) is 24.0 Å². The highest BCUT2D eigenvalue weighted by atomic mass is 15.0. The number of hydrogen-bond acceptors (Lipinski definition) is 1. The minimum Gasteiger partial charge on any atom is -0.351 e. The van der Waals surface area contributed by atoms with Crippen molar-refractivity contribution in [3.05, 3.63) is 23.5 Å². The van der Waals surface area contributed by atoms with Gasteiger partial charge in [0.2, 0.25) is 0 Å². The molecule has 0 saturated heterocycles. The van der Waals surface area contributed by atoms with Crippen LogP contribution in [0.15, 0.2) is 12.4 Å². The summed E-state index contributed by atoms with van der Waals surface area (Å²) in [5.41, 5.74) is 3.09. The lowest BCUT2D eigenvalue weighted by Gasteiger charge is -2.34. The van der Waals surface area contributed by atoms with Gasteiger partial charge in [-0.2, -0.15) is 0 Å². The Morgan fingerprint density at radius 2 is 1.72 bits per heavy atom. The van der Waals surface area contributed by atoms with Crippen LogP contribution in [0.3, 0.4) is 0 Å². The number of nitrogens with zero attached hydrogens (tertiary/aromatic N) is 1. The van der Waals surface area contributed by atoms with Gasteiger partial charge in [-0.3, -0.25) is 0 Å².